The number of fused-ring (bicyclic) bond motifs is 1. The van der Waals surface area contributed by atoms with Crippen molar-refractivity contribution >= 4 is 21.8 Å². The highest BCUT2D eigenvalue weighted by atomic mass is 79.9. The average molecular weight is 230 g/mol. The van der Waals surface area contributed by atoms with Gasteiger partial charge in [-0.2, -0.15) is 0 Å². The van der Waals surface area contributed by atoms with E-state index in [0.29, 0.717) is 17.6 Å². The zero-order valence-electron chi connectivity index (χ0n) is 6.63. The van der Waals surface area contributed by atoms with Crippen LogP contribution in [0.25, 0.3) is 0 Å². The molecule has 64 valence electrons. The van der Waals surface area contributed by atoms with E-state index < -0.39 is 0 Å². The summed E-state index contributed by atoms with van der Waals surface area (Å²) >= 11 is 3.24. The van der Waals surface area contributed by atoms with Gasteiger partial charge in [-0.3, -0.25) is 4.79 Å². The van der Waals surface area contributed by atoms with Gasteiger partial charge >= 0.3 is 0 Å². The zero-order chi connectivity index (χ0) is 8.72. The lowest BCUT2D eigenvalue weighted by molar-refractivity contribution is -0.130. The van der Waals surface area contributed by atoms with Gasteiger partial charge in [0.2, 0.25) is 5.91 Å². The second kappa shape index (κ2) is 2.62. The van der Waals surface area contributed by atoms with Crippen LogP contribution < -0.4 is 0 Å². The minimum absolute atomic E-state index is 0.115. The van der Waals surface area contributed by atoms with E-state index in [0.717, 1.165) is 11.3 Å². The Morgan fingerprint density at radius 1 is 1.67 bits per heavy atom. The molecule has 12 heavy (non-hydrogen) atoms. The number of furan rings is 1. The van der Waals surface area contributed by atoms with Crippen LogP contribution in [0, 0.1) is 0 Å². The largest absolute Gasteiger partial charge is 0.453 e. The second-order valence-electron chi connectivity index (χ2n) is 2.93. The van der Waals surface area contributed by atoms with Crippen molar-refractivity contribution in [2.24, 2.45) is 0 Å². The highest BCUT2D eigenvalue weighted by Gasteiger charge is 2.23. The van der Waals surface area contributed by atoms with Gasteiger partial charge in [-0.15, -0.1) is 0 Å². The molecule has 1 aromatic rings. The molecule has 0 N–H and O–H groups in total. The van der Waals surface area contributed by atoms with Crippen LogP contribution in [0.5, 0.6) is 0 Å². The summed E-state index contributed by atoms with van der Waals surface area (Å²) in [7, 11) is 1.80. The summed E-state index contributed by atoms with van der Waals surface area (Å²) in [4.78, 5) is 12.9. The molecule has 0 aliphatic carbocycles. The highest BCUT2D eigenvalue weighted by molar-refractivity contribution is 9.10. The first kappa shape index (κ1) is 7.86. The predicted octanol–water partition coefficient (Wildman–Crippen LogP) is 1.56. The Bertz CT molecular complexity index is 332. The fourth-order valence-electron chi connectivity index (χ4n) is 1.33. The van der Waals surface area contributed by atoms with Crippen molar-refractivity contribution in [3.8, 4) is 0 Å². The highest BCUT2D eigenvalue weighted by Crippen LogP contribution is 2.25. The Balaban J connectivity index is 2.39. The summed E-state index contributed by atoms with van der Waals surface area (Å²) in [5.41, 5.74) is 1.10. The number of carbonyl (C=O) groups excluding carboxylic acids is 1. The maximum Gasteiger partial charge on any atom is 0.230 e. The maximum absolute atomic E-state index is 11.2. The second-order valence-corrected chi connectivity index (χ2v) is 3.71. The Morgan fingerprint density at radius 2 is 2.42 bits per heavy atom. The summed E-state index contributed by atoms with van der Waals surface area (Å²) in [5, 5.41) is 0. The number of hydrogen-bond acceptors (Lipinski definition) is 2. The van der Waals surface area contributed by atoms with Gasteiger partial charge in [0, 0.05) is 19.2 Å². The third-order valence-corrected chi connectivity index (χ3v) is 2.40. The van der Waals surface area contributed by atoms with Crippen molar-refractivity contribution in [1.29, 1.82) is 0 Å². The van der Waals surface area contributed by atoms with Gasteiger partial charge in [0.25, 0.3) is 0 Å². The molecule has 0 fully saturated rings. The molecule has 0 spiro atoms. The van der Waals surface area contributed by atoms with E-state index in [9.17, 15) is 4.79 Å². The number of likely N-dealkylation sites (N-methyl/N-ethyl adjacent to an activating group) is 1. The molecule has 0 saturated heterocycles. The lowest BCUT2D eigenvalue weighted by Gasteiger charge is -2.20. The third-order valence-electron chi connectivity index (χ3n) is 2.01. The van der Waals surface area contributed by atoms with E-state index in [1.54, 1.807) is 11.9 Å². The first-order valence-corrected chi connectivity index (χ1v) is 4.47. The van der Waals surface area contributed by atoms with Crippen LogP contribution in [-0.4, -0.2) is 17.9 Å². The molecule has 4 heteroatoms. The van der Waals surface area contributed by atoms with Crippen molar-refractivity contribution in [3.05, 3.63) is 22.1 Å². The van der Waals surface area contributed by atoms with Crippen LogP contribution in [-0.2, 0) is 17.8 Å². The number of carbonyl (C=O) groups is 1. The minimum atomic E-state index is 0.115. The van der Waals surface area contributed by atoms with Crippen molar-refractivity contribution in [2.75, 3.05) is 7.05 Å². The van der Waals surface area contributed by atoms with Crippen molar-refractivity contribution in [1.82, 2.24) is 4.90 Å². The van der Waals surface area contributed by atoms with E-state index in [2.05, 4.69) is 15.9 Å². The number of halogens is 1. The van der Waals surface area contributed by atoms with Gasteiger partial charge in [-0.05, 0) is 22.0 Å². The molecular weight excluding hydrogens is 222 g/mol. The Hall–Kier alpha value is -0.770. The molecule has 0 bridgehead atoms. The van der Waals surface area contributed by atoms with Gasteiger partial charge in [0.05, 0.1) is 6.42 Å². The summed E-state index contributed by atoms with van der Waals surface area (Å²) in [6.45, 7) is 0.656. The standard InChI is InChI=1S/C8H8BrNO2/c1-10-4-5-2-7(9)12-6(5)3-8(10)11/h2H,3-4H2,1H3. The van der Waals surface area contributed by atoms with Gasteiger partial charge in [0.1, 0.15) is 5.76 Å². The molecular formula is C8H8BrNO2. The summed E-state index contributed by atoms with van der Waals surface area (Å²) in [5.74, 6) is 0.911. The van der Waals surface area contributed by atoms with Gasteiger partial charge < -0.3 is 9.32 Å². The molecule has 1 amide bonds. The van der Waals surface area contributed by atoms with Gasteiger partial charge in [-0.25, -0.2) is 0 Å². The van der Waals surface area contributed by atoms with E-state index in [-0.39, 0.29) is 5.91 Å². The maximum atomic E-state index is 11.2. The Kier molecular flexibility index (Phi) is 1.72. The molecule has 1 aromatic heterocycles. The van der Waals surface area contributed by atoms with Crippen LogP contribution in [0.4, 0.5) is 0 Å². The van der Waals surface area contributed by atoms with Crippen LogP contribution >= 0.6 is 15.9 Å². The topological polar surface area (TPSA) is 33.5 Å². The molecule has 2 rings (SSSR count). The number of nitrogens with zero attached hydrogens (tertiary/aromatic N) is 1. The minimum Gasteiger partial charge on any atom is -0.453 e. The van der Waals surface area contributed by atoms with E-state index in [4.69, 9.17) is 4.42 Å². The first-order valence-electron chi connectivity index (χ1n) is 3.68. The number of amides is 1. The summed E-state index contributed by atoms with van der Waals surface area (Å²) in [6.07, 6.45) is 0.386. The van der Waals surface area contributed by atoms with E-state index in [1.807, 2.05) is 6.07 Å². The fourth-order valence-corrected chi connectivity index (χ4v) is 1.80. The number of hydrogen-bond donors (Lipinski definition) is 0. The van der Waals surface area contributed by atoms with Crippen molar-refractivity contribution < 1.29 is 9.21 Å². The van der Waals surface area contributed by atoms with Crippen LogP contribution in [0.2, 0.25) is 0 Å². The molecule has 1 aliphatic rings. The quantitative estimate of drug-likeness (QED) is 0.677. The van der Waals surface area contributed by atoms with Gasteiger partial charge in [0.15, 0.2) is 4.67 Å². The molecule has 3 nitrogen and oxygen atoms in total. The van der Waals surface area contributed by atoms with Crippen LogP contribution in [0.15, 0.2) is 15.2 Å². The van der Waals surface area contributed by atoms with Crippen LogP contribution in [0.1, 0.15) is 11.3 Å². The normalized spacial score (nSPS) is 16.5. The third kappa shape index (κ3) is 1.16. The summed E-state index contributed by atoms with van der Waals surface area (Å²) in [6, 6.07) is 1.91. The summed E-state index contributed by atoms with van der Waals surface area (Å²) < 4.78 is 6.00. The predicted molar refractivity (Wildman–Crippen MR) is 46.6 cm³/mol. The average Bonchev–Trinajstić information content (AvgIpc) is 2.30. The fraction of sp³-hybridized carbons (Fsp3) is 0.375. The molecule has 0 unspecified atom stereocenters. The lowest BCUT2D eigenvalue weighted by Crippen LogP contribution is -2.31. The molecule has 0 aromatic carbocycles. The molecule has 1 aliphatic heterocycles. The Labute approximate surface area is 78.5 Å². The van der Waals surface area contributed by atoms with E-state index >= 15 is 0 Å². The zero-order valence-corrected chi connectivity index (χ0v) is 8.22. The smallest absolute Gasteiger partial charge is 0.230 e. The SMILES string of the molecule is CN1Cc2cc(Br)oc2CC1=O. The van der Waals surface area contributed by atoms with Crippen molar-refractivity contribution in [3.63, 3.8) is 0 Å². The van der Waals surface area contributed by atoms with Crippen LogP contribution in [0.3, 0.4) is 0 Å². The molecule has 0 saturated carbocycles. The lowest BCUT2D eigenvalue weighted by atomic mass is 10.1. The molecule has 2 heterocycles. The molecule has 0 atom stereocenters. The van der Waals surface area contributed by atoms with E-state index in [1.165, 1.54) is 0 Å². The monoisotopic (exact) mass is 229 g/mol. The van der Waals surface area contributed by atoms with Gasteiger partial charge in [-0.1, -0.05) is 0 Å². The van der Waals surface area contributed by atoms with Crippen molar-refractivity contribution in [2.45, 2.75) is 13.0 Å². The first-order chi connectivity index (χ1) is 5.66. The molecule has 0 radical (unpaired) electrons. The Morgan fingerprint density at radius 3 is 3.17 bits per heavy atom. The number of rotatable bonds is 0.